The van der Waals surface area contributed by atoms with Crippen molar-refractivity contribution in [2.75, 3.05) is 6.61 Å². The summed E-state index contributed by atoms with van der Waals surface area (Å²) in [6.45, 7) is 1.63. The third-order valence-electron chi connectivity index (χ3n) is 5.08. The van der Waals surface area contributed by atoms with Gasteiger partial charge in [0.15, 0.2) is 12.2 Å². The summed E-state index contributed by atoms with van der Waals surface area (Å²) in [7, 11) is 0. The summed E-state index contributed by atoms with van der Waals surface area (Å²) >= 11 is 0. The summed E-state index contributed by atoms with van der Waals surface area (Å²) in [4.78, 5) is 23.3. The highest BCUT2D eigenvalue weighted by Gasteiger charge is 2.51. The fourth-order valence-corrected chi connectivity index (χ4v) is 3.42. The Morgan fingerprint density at radius 1 is 0.939 bits per heavy atom. The van der Waals surface area contributed by atoms with E-state index in [1.807, 2.05) is 30.3 Å². The molecule has 2 rings (SSSR count). The van der Waals surface area contributed by atoms with Crippen LogP contribution in [0.25, 0.3) is 0 Å². The highest BCUT2D eigenvalue weighted by atomic mass is 19.3. The van der Waals surface area contributed by atoms with Gasteiger partial charge in [-0.3, -0.25) is 9.59 Å². The van der Waals surface area contributed by atoms with Crippen LogP contribution in [0.1, 0.15) is 49.1 Å². The minimum Gasteiger partial charge on any atom is -0.456 e. The molecule has 2 atom stereocenters. The van der Waals surface area contributed by atoms with Gasteiger partial charge < -0.3 is 24.8 Å². The number of aliphatic hydroxyl groups excluding tert-OH is 1. The molecule has 0 radical (unpaired) electrons. The summed E-state index contributed by atoms with van der Waals surface area (Å²) in [5.41, 5.74) is 0.772. The van der Waals surface area contributed by atoms with Crippen molar-refractivity contribution in [3.63, 3.8) is 0 Å². The SMILES string of the molecule is CC(=O)OC(CO)C(OC(C)=O)c1cc(CCc2ccccc2)ccc1C(O)(O)C(C)(F)F. The molecular weight excluding hydrogens is 438 g/mol. The van der Waals surface area contributed by atoms with Crippen molar-refractivity contribution in [2.24, 2.45) is 0 Å². The second-order valence-electron chi connectivity index (χ2n) is 7.83. The lowest BCUT2D eigenvalue weighted by Crippen LogP contribution is -2.45. The molecule has 0 aromatic heterocycles. The Kier molecular flexibility index (Phi) is 8.65. The summed E-state index contributed by atoms with van der Waals surface area (Å²) in [5, 5.41) is 30.4. The number of carbonyl (C=O) groups excluding carboxylic acids is 2. The van der Waals surface area contributed by atoms with Crippen LogP contribution in [0.15, 0.2) is 48.5 Å². The number of benzene rings is 2. The van der Waals surface area contributed by atoms with Crippen molar-refractivity contribution in [3.05, 3.63) is 70.8 Å². The number of ether oxygens (including phenoxy) is 2. The lowest BCUT2D eigenvalue weighted by atomic mass is 9.88. The largest absolute Gasteiger partial charge is 0.456 e. The van der Waals surface area contributed by atoms with Gasteiger partial charge >= 0.3 is 17.9 Å². The van der Waals surface area contributed by atoms with Crippen LogP contribution in [0, 0.1) is 0 Å². The molecule has 9 heteroatoms. The Hall–Kier alpha value is -2.88. The molecule has 0 aliphatic rings. The van der Waals surface area contributed by atoms with Gasteiger partial charge in [-0.25, -0.2) is 8.78 Å². The predicted molar refractivity (Wildman–Crippen MR) is 114 cm³/mol. The van der Waals surface area contributed by atoms with Gasteiger partial charge in [-0.1, -0.05) is 48.5 Å². The number of aliphatic hydroxyl groups is 3. The maximum atomic E-state index is 14.1. The molecule has 0 bridgehead atoms. The van der Waals surface area contributed by atoms with Gasteiger partial charge in [0, 0.05) is 31.9 Å². The van der Waals surface area contributed by atoms with E-state index >= 15 is 0 Å². The molecule has 2 unspecified atom stereocenters. The quantitative estimate of drug-likeness (QED) is 0.365. The molecule has 0 saturated heterocycles. The van der Waals surface area contributed by atoms with Gasteiger partial charge in [0.05, 0.1) is 6.61 Å². The summed E-state index contributed by atoms with van der Waals surface area (Å²) < 4.78 is 38.5. The Balaban J connectivity index is 2.60. The Morgan fingerprint density at radius 3 is 2.03 bits per heavy atom. The highest BCUT2D eigenvalue weighted by molar-refractivity contribution is 5.67. The molecule has 0 heterocycles. The number of alkyl halides is 2. The van der Waals surface area contributed by atoms with Crippen LogP contribution in [0.4, 0.5) is 8.78 Å². The minimum absolute atomic E-state index is 0.220. The number of carbonyl (C=O) groups is 2. The number of hydrogen-bond acceptors (Lipinski definition) is 7. The van der Waals surface area contributed by atoms with Gasteiger partial charge in [-0.05, 0) is 24.0 Å². The molecule has 0 aliphatic heterocycles. The van der Waals surface area contributed by atoms with Gasteiger partial charge in [0.25, 0.3) is 5.79 Å². The maximum absolute atomic E-state index is 14.1. The molecule has 33 heavy (non-hydrogen) atoms. The van der Waals surface area contributed by atoms with E-state index in [4.69, 9.17) is 9.47 Å². The van der Waals surface area contributed by atoms with Crippen molar-refractivity contribution in [1.82, 2.24) is 0 Å². The fraction of sp³-hybridized carbons (Fsp3) is 0.417. The maximum Gasteiger partial charge on any atom is 0.303 e. The first-order valence-electron chi connectivity index (χ1n) is 10.3. The summed E-state index contributed by atoms with van der Waals surface area (Å²) in [6, 6.07) is 13.4. The third kappa shape index (κ3) is 6.80. The van der Waals surface area contributed by atoms with Crippen LogP contribution >= 0.6 is 0 Å². The van der Waals surface area contributed by atoms with E-state index in [9.17, 15) is 33.7 Å². The second-order valence-corrected chi connectivity index (χ2v) is 7.83. The zero-order chi connectivity index (χ0) is 24.8. The molecule has 7 nitrogen and oxygen atoms in total. The zero-order valence-electron chi connectivity index (χ0n) is 18.6. The lowest BCUT2D eigenvalue weighted by Gasteiger charge is -2.34. The summed E-state index contributed by atoms with van der Waals surface area (Å²) in [6.07, 6.45) is -1.98. The van der Waals surface area contributed by atoms with E-state index < -0.39 is 48.0 Å². The second kappa shape index (κ2) is 10.8. The van der Waals surface area contributed by atoms with Crippen molar-refractivity contribution < 1.29 is 43.2 Å². The lowest BCUT2D eigenvalue weighted by molar-refractivity contribution is -0.298. The number of esters is 2. The monoisotopic (exact) mass is 466 g/mol. The van der Waals surface area contributed by atoms with Crippen LogP contribution in [0.2, 0.25) is 0 Å². The normalized spacial score (nSPS) is 13.8. The molecule has 180 valence electrons. The summed E-state index contributed by atoms with van der Waals surface area (Å²) in [5.74, 6) is -9.29. The first-order valence-corrected chi connectivity index (χ1v) is 10.3. The Morgan fingerprint density at radius 2 is 1.52 bits per heavy atom. The molecule has 3 N–H and O–H groups in total. The average molecular weight is 466 g/mol. The van der Waals surface area contributed by atoms with Gasteiger partial charge in [-0.15, -0.1) is 0 Å². The Labute approximate surface area is 190 Å². The van der Waals surface area contributed by atoms with Gasteiger partial charge in [0.1, 0.15) is 0 Å². The Bertz CT molecular complexity index is 955. The predicted octanol–water partition coefficient (Wildman–Crippen LogP) is 2.79. The van der Waals surface area contributed by atoms with Crippen molar-refractivity contribution in [2.45, 2.75) is 57.5 Å². The standard InChI is InChI=1S/C24H28F2O7/c1-15(28)32-21(14-27)22(33-16(2)29)19-13-18(10-9-17-7-5-4-6-8-17)11-12-20(19)24(30,31)23(3,25)26/h4-8,11-13,21-22,27,30-31H,9-10,14H2,1-3H3. The van der Waals surface area contributed by atoms with Crippen LogP contribution in [0.5, 0.6) is 0 Å². The molecule has 0 saturated carbocycles. The van der Waals surface area contributed by atoms with Crippen LogP contribution < -0.4 is 0 Å². The van der Waals surface area contributed by atoms with E-state index in [0.29, 0.717) is 25.3 Å². The number of halogens is 2. The zero-order valence-corrected chi connectivity index (χ0v) is 18.6. The smallest absolute Gasteiger partial charge is 0.303 e. The molecule has 2 aromatic carbocycles. The molecule has 0 amide bonds. The number of hydrogen-bond donors (Lipinski definition) is 3. The number of aryl methyl sites for hydroxylation is 2. The average Bonchev–Trinajstić information content (AvgIpc) is 2.74. The van der Waals surface area contributed by atoms with E-state index in [2.05, 4.69) is 0 Å². The fourth-order valence-electron chi connectivity index (χ4n) is 3.42. The van der Waals surface area contributed by atoms with E-state index in [1.54, 1.807) is 0 Å². The first kappa shape index (κ1) is 26.4. The first-order chi connectivity index (χ1) is 15.4. The molecule has 0 fully saturated rings. The van der Waals surface area contributed by atoms with E-state index in [1.165, 1.54) is 12.1 Å². The van der Waals surface area contributed by atoms with E-state index in [-0.39, 0.29) is 5.56 Å². The molecule has 0 spiro atoms. The van der Waals surface area contributed by atoms with Crippen molar-refractivity contribution >= 4 is 11.9 Å². The van der Waals surface area contributed by atoms with Gasteiger partial charge in [0.2, 0.25) is 0 Å². The van der Waals surface area contributed by atoms with Crippen molar-refractivity contribution in [1.29, 1.82) is 0 Å². The molecule has 2 aromatic rings. The third-order valence-corrected chi connectivity index (χ3v) is 5.08. The van der Waals surface area contributed by atoms with Crippen LogP contribution in [-0.4, -0.2) is 45.9 Å². The topological polar surface area (TPSA) is 113 Å². The minimum atomic E-state index is -4.00. The molecule has 0 aliphatic carbocycles. The molecular formula is C24H28F2O7. The van der Waals surface area contributed by atoms with Crippen molar-refractivity contribution in [3.8, 4) is 0 Å². The van der Waals surface area contributed by atoms with Crippen LogP contribution in [0.3, 0.4) is 0 Å². The highest BCUT2D eigenvalue weighted by Crippen LogP contribution is 2.40. The van der Waals surface area contributed by atoms with E-state index in [0.717, 1.165) is 25.5 Å². The van der Waals surface area contributed by atoms with Crippen LogP contribution in [-0.2, 0) is 37.7 Å². The number of rotatable bonds is 10. The van der Waals surface area contributed by atoms with Gasteiger partial charge in [-0.2, -0.15) is 0 Å².